The Morgan fingerprint density at radius 2 is 1.97 bits per heavy atom. The highest BCUT2D eigenvalue weighted by atomic mass is 32.2. The second-order valence-electron chi connectivity index (χ2n) is 6.25. The molecule has 2 aromatic heterocycles. The number of anilines is 1. The fourth-order valence-electron chi connectivity index (χ4n) is 2.70. The molecule has 0 aliphatic heterocycles. The van der Waals surface area contributed by atoms with E-state index < -0.39 is 10.0 Å². The van der Waals surface area contributed by atoms with Crippen LogP contribution in [0.3, 0.4) is 0 Å². The van der Waals surface area contributed by atoms with E-state index in [0.717, 1.165) is 15.8 Å². The molecule has 10 heteroatoms. The normalized spacial score (nSPS) is 11.9. The first kappa shape index (κ1) is 21.7. The molecule has 0 aliphatic carbocycles. The molecule has 3 aromatic rings. The molecule has 2 heterocycles. The predicted octanol–water partition coefficient (Wildman–Crippen LogP) is 3.76. The summed E-state index contributed by atoms with van der Waals surface area (Å²) in [7, 11) is -3.53. The number of hydrogen-bond acceptors (Lipinski definition) is 7. The van der Waals surface area contributed by atoms with Crippen molar-refractivity contribution in [3.63, 3.8) is 0 Å². The number of thioether (sulfide) groups is 1. The molecular formula is C19H22N4O3S3. The number of sulfonamides is 1. The molecule has 1 aromatic carbocycles. The summed E-state index contributed by atoms with van der Waals surface area (Å²) in [5.74, 6) is -0.0307. The van der Waals surface area contributed by atoms with Crippen molar-refractivity contribution >= 4 is 54.4 Å². The van der Waals surface area contributed by atoms with Crippen molar-refractivity contribution in [1.29, 1.82) is 0 Å². The van der Waals surface area contributed by atoms with Crippen LogP contribution in [0.2, 0.25) is 0 Å². The number of pyridine rings is 1. The molecule has 0 unspecified atom stereocenters. The molecule has 0 radical (unpaired) electrons. The third-order valence-electron chi connectivity index (χ3n) is 4.19. The first-order valence-corrected chi connectivity index (χ1v) is 12.3. The Kier molecular flexibility index (Phi) is 6.89. The Morgan fingerprint density at radius 1 is 1.21 bits per heavy atom. The van der Waals surface area contributed by atoms with E-state index in [4.69, 9.17) is 0 Å². The van der Waals surface area contributed by atoms with Crippen LogP contribution in [-0.2, 0) is 14.8 Å². The zero-order valence-corrected chi connectivity index (χ0v) is 18.8. The SMILES string of the molecule is CCN(CC)S(=O)(=O)c1ccc(SCC(=O)Nc2nc3ccc(C)cc3s2)nc1. The summed E-state index contributed by atoms with van der Waals surface area (Å²) < 4.78 is 27.4. The first-order valence-electron chi connectivity index (χ1n) is 9.09. The number of nitrogens with zero attached hydrogens (tertiary/aromatic N) is 3. The number of thiazole rings is 1. The standard InChI is InChI=1S/C19H22N4O3S3/c1-4-23(5-2)29(25,26)14-7-9-18(20-11-14)27-12-17(24)22-19-21-15-8-6-13(3)10-16(15)28-19/h6-11H,4-5,12H2,1-3H3,(H,21,22,24). The van der Waals surface area contributed by atoms with Crippen molar-refractivity contribution in [3.05, 3.63) is 42.1 Å². The van der Waals surface area contributed by atoms with E-state index >= 15 is 0 Å². The van der Waals surface area contributed by atoms with Crippen molar-refractivity contribution in [2.75, 3.05) is 24.2 Å². The van der Waals surface area contributed by atoms with Crippen LogP contribution >= 0.6 is 23.1 Å². The minimum atomic E-state index is -3.53. The highest BCUT2D eigenvalue weighted by molar-refractivity contribution is 7.99. The van der Waals surface area contributed by atoms with Gasteiger partial charge in [-0.05, 0) is 36.8 Å². The summed E-state index contributed by atoms with van der Waals surface area (Å²) in [5, 5.41) is 3.95. The smallest absolute Gasteiger partial charge is 0.244 e. The molecule has 1 amide bonds. The van der Waals surface area contributed by atoms with E-state index in [2.05, 4.69) is 15.3 Å². The molecule has 0 saturated heterocycles. The topological polar surface area (TPSA) is 92.3 Å². The predicted molar refractivity (Wildman–Crippen MR) is 118 cm³/mol. The molecule has 0 bridgehead atoms. The Morgan fingerprint density at radius 3 is 2.62 bits per heavy atom. The number of hydrogen-bond donors (Lipinski definition) is 1. The van der Waals surface area contributed by atoms with Crippen LogP contribution in [0.5, 0.6) is 0 Å². The molecule has 7 nitrogen and oxygen atoms in total. The molecule has 0 saturated carbocycles. The fourth-order valence-corrected chi connectivity index (χ4v) is 5.72. The number of carbonyl (C=O) groups excluding carboxylic acids is 1. The van der Waals surface area contributed by atoms with Gasteiger partial charge in [0.25, 0.3) is 0 Å². The number of benzene rings is 1. The Hall–Kier alpha value is -2.01. The van der Waals surface area contributed by atoms with Crippen molar-refractivity contribution in [3.8, 4) is 0 Å². The van der Waals surface area contributed by atoms with Crippen molar-refractivity contribution in [2.45, 2.75) is 30.7 Å². The quantitative estimate of drug-likeness (QED) is 0.525. The minimum absolute atomic E-state index is 0.153. The van der Waals surface area contributed by atoms with Crippen LogP contribution < -0.4 is 5.32 Å². The Balaban J connectivity index is 1.60. The summed E-state index contributed by atoms with van der Waals surface area (Å²) in [6.45, 7) is 6.41. The van der Waals surface area contributed by atoms with Gasteiger partial charge < -0.3 is 5.32 Å². The van der Waals surface area contributed by atoms with Gasteiger partial charge in [-0.25, -0.2) is 18.4 Å². The lowest BCUT2D eigenvalue weighted by Gasteiger charge is -2.18. The molecular weight excluding hydrogens is 428 g/mol. The summed E-state index contributed by atoms with van der Waals surface area (Å²) in [5.41, 5.74) is 2.00. The second-order valence-corrected chi connectivity index (χ2v) is 10.2. The lowest BCUT2D eigenvalue weighted by molar-refractivity contribution is -0.113. The number of carbonyl (C=O) groups is 1. The van der Waals surface area contributed by atoms with Crippen LogP contribution in [-0.4, -0.2) is 47.4 Å². The largest absolute Gasteiger partial charge is 0.301 e. The summed E-state index contributed by atoms with van der Waals surface area (Å²) in [6.07, 6.45) is 1.34. The number of fused-ring (bicyclic) bond motifs is 1. The van der Waals surface area contributed by atoms with Gasteiger partial charge >= 0.3 is 0 Å². The number of amides is 1. The Bertz CT molecular complexity index is 1110. The van der Waals surface area contributed by atoms with Crippen LogP contribution in [0, 0.1) is 6.92 Å². The van der Waals surface area contributed by atoms with Crippen molar-refractivity contribution in [1.82, 2.24) is 14.3 Å². The van der Waals surface area contributed by atoms with Gasteiger partial charge in [0.2, 0.25) is 15.9 Å². The van der Waals surface area contributed by atoms with Gasteiger partial charge in [-0.1, -0.05) is 43.0 Å². The van der Waals surface area contributed by atoms with E-state index in [1.165, 1.54) is 39.7 Å². The second kappa shape index (κ2) is 9.21. The third kappa shape index (κ3) is 5.13. The fraction of sp³-hybridized carbons (Fsp3) is 0.316. The van der Waals surface area contributed by atoms with Gasteiger partial charge in [0.05, 0.1) is 21.0 Å². The molecule has 0 spiro atoms. The maximum Gasteiger partial charge on any atom is 0.244 e. The maximum absolute atomic E-state index is 12.5. The Labute approximate surface area is 178 Å². The van der Waals surface area contributed by atoms with Crippen LogP contribution in [0.1, 0.15) is 19.4 Å². The molecule has 0 aliphatic rings. The highest BCUT2D eigenvalue weighted by Gasteiger charge is 2.21. The van der Waals surface area contributed by atoms with Gasteiger partial charge in [0.15, 0.2) is 5.13 Å². The lowest BCUT2D eigenvalue weighted by atomic mass is 10.2. The third-order valence-corrected chi connectivity index (χ3v) is 8.10. The van der Waals surface area contributed by atoms with Crippen LogP contribution in [0.15, 0.2) is 46.5 Å². The average Bonchev–Trinajstić information content (AvgIpc) is 3.08. The zero-order valence-electron chi connectivity index (χ0n) is 16.4. The van der Waals surface area contributed by atoms with E-state index in [1.807, 2.05) is 25.1 Å². The maximum atomic E-state index is 12.5. The minimum Gasteiger partial charge on any atom is -0.301 e. The average molecular weight is 451 g/mol. The van der Waals surface area contributed by atoms with E-state index in [9.17, 15) is 13.2 Å². The summed E-state index contributed by atoms with van der Waals surface area (Å²) in [6, 6.07) is 9.10. The van der Waals surface area contributed by atoms with Gasteiger partial charge in [-0.3, -0.25) is 4.79 Å². The van der Waals surface area contributed by atoms with E-state index in [1.54, 1.807) is 19.9 Å². The van der Waals surface area contributed by atoms with Crippen molar-refractivity contribution in [2.24, 2.45) is 0 Å². The summed E-state index contributed by atoms with van der Waals surface area (Å²) >= 11 is 2.68. The molecule has 0 fully saturated rings. The van der Waals surface area contributed by atoms with Crippen LogP contribution in [0.4, 0.5) is 5.13 Å². The first-order chi connectivity index (χ1) is 13.8. The molecule has 0 atom stereocenters. The lowest BCUT2D eigenvalue weighted by Crippen LogP contribution is -2.30. The number of nitrogens with one attached hydrogen (secondary N) is 1. The van der Waals surface area contributed by atoms with E-state index in [0.29, 0.717) is 23.2 Å². The molecule has 29 heavy (non-hydrogen) atoms. The van der Waals surface area contributed by atoms with Crippen molar-refractivity contribution < 1.29 is 13.2 Å². The van der Waals surface area contributed by atoms with Gasteiger partial charge in [0.1, 0.15) is 4.90 Å². The number of aryl methyl sites for hydroxylation is 1. The van der Waals surface area contributed by atoms with Crippen LogP contribution in [0.25, 0.3) is 10.2 Å². The monoisotopic (exact) mass is 450 g/mol. The molecule has 3 rings (SSSR count). The number of aromatic nitrogens is 2. The van der Waals surface area contributed by atoms with Gasteiger partial charge in [0, 0.05) is 19.3 Å². The highest BCUT2D eigenvalue weighted by Crippen LogP contribution is 2.27. The van der Waals surface area contributed by atoms with E-state index in [-0.39, 0.29) is 16.6 Å². The number of rotatable bonds is 8. The van der Waals surface area contributed by atoms with Gasteiger partial charge in [-0.2, -0.15) is 4.31 Å². The molecule has 154 valence electrons. The van der Waals surface area contributed by atoms with Gasteiger partial charge in [-0.15, -0.1) is 0 Å². The molecule has 1 N–H and O–H groups in total. The zero-order chi connectivity index (χ0) is 21.0. The summed E-state index contributed by atoms with van der Waals surface area (Å²) in [4.78, 5) is 21.0.